The number of likely N-dealkylation sites (N-methyl/N-ethyl adjacent to an activating group) is 1. The Hall–Kier alpha value is -4.12. The molecular weight excluding hydrogens is 536 g/mol. The molecule has 11 nitrogen and oxygen atoms in total. The molecule has 5 atom stereocenters. The van der Waals surface area contributed by atoms with E-state index in [1.54, 1.807) is 19.1 Å². The molecule has 2 aliphatic rings. The number of rotatable bonds is 12. The van der Waals surface area contributed by atoms with Crippen LogP contribution in [0.5, 0.6) is 5.75 Å². The summed E-state index contributed by atoms with van der Waals surface area (Å²) in [5.41, 5.74) is 7.39. The van der Waals surface area contributed by atoms with Crippen LogP contribution in [0.4, 0.5) is 4.79 Å². The molecule has 2 fully saturated rings. The molecule has 2 saturated heterocycles. The summed E-state index contributed by atoms with van der Waals surface area (Å²) in [6.45, 7) is 0.581. The van der Waals surface area contributed by atoms with Crippen molar-refractivity contribution in [3.63, 3.8) is 0 Å². The molecule has 0 bridgehead atoms. The maximum Gasteiger partial charge on any atom is 0.312 e. The summed E-state index contributed by atoms with van der Waals surface area (Å²) in [7, 11) is 3.32. The highest BCUT2D eigenvalue weighted by Crippen LogP contribution is 2.34. The second-order valence-electron chi connectivity index (χ2n) is 11.0. The van der Waals surface area contributed by atoms with Gasteiger partial charge in [-0.2, -0.15) is 0 Å². The lowest BCUT2D eigenvalue weighted by Crippen LogP contribution is -2.59. The zero-order valence-electron chi connectivity index (χ0n) is 24.3. The molecule has 0 aliphatic carbocycles. The first kappa shape index (κ1) is 30.8. The maximum atomic E-state index is 14.1. The monoisotopic (exact) mass is 578 g/mol. The fourth-order valence-electron chi connectivity index (χ4n) is 5.99. The molecule has 11 heteroatoms. The second-order valence-corrected chi connectivity index (χ2v) is 11.0. The predicted octanol–water partition coefficient (Wildman–Crippen LogP) is 1.11. The zero-order valence-corrected chi connectivity index (χ0v) is 24.3. The van der Waals surface area contributed by atoms with Gasteiger partial charge < -0.3 is 36.6 Å². The Kier molecular flexibility index (Phi) is 10.8. The van der Waals surface area contributed by atoms with E-state index in [9.17, 15) is 19.2 Å². The van der Waals surface area contributed by atoms with Gasteiger partial charge in [0, 0.05) is 25.0 Å². The SMILES string of the molecule is CN[C@H](Cc1ccccc1)C(=O)N[C@@H]1C(=O)N2C(CC[C@@H]1CNC(N)=O)CC[C@H]2C(=O)NCCc1ccc(OC)cc1. The number of nitrogens with two attached hydrogens (primary N) is 1. The summed E-state index contributed by atoms with van der Waals surface area (Å²) < 4.78 is 5.20. The van der Waals surface area contributed by atoms with Crippen molar-refractivity contribution in [1.82, 2.24) is 26.2 Å². The molecule has 0 radical (unpaired) electrons. The summed E-state index contributed by atoms with van der Waals surface area (Å²) in [6, 6.07) is 14.4. The van der Waals surface area contributed by atoms with Crippen molar-refractivity contribution in [1.29, 1.82) is 0 Å². The summed E-state index contributed by atoms with van der Waals surface area (Å²) in [4.78, 5) is 54.1. The first-order valence-electron chi connectivity index (χ1n) is 14.6. The molecule has 2 heterocycles. The quantitative estimate of drug-likeness (QED) is 0.254. The molecule has 0 saturated carbocycles. The van der Waals surface area contributed by atoms with Gasteiger partial charge >= 0.3 is 6.03 Å². The van der Waals surface area contributed by atoms with Crippen molar-refractivity contribution in [2.24, 2.45) is 11.7 Å². The third-order valence-corrected chi connectivity index (χ3v) is 8.32. The van der Waals surface area contributed by atoms with Crippen LogP contribution in [0.2, 0.25) is 0 Å². The van der Waals surface area contributed by atoms with Crippen LogP contribution >= 0.6 is 0 Å². The Morgan fingerprint density at radius 2 is 1.69 bits per heavy atom. The Bertz CT molecular complexity index is 1220. The summed E-state index contributed by atoms with van der Waals surface area (Å²) >= 11 is 0. The lowest BCUT2D eigenvalue weighted by Gasteiger charge is -2.33. The topological polar surface area (TPSA) is 155 Å². The summed E-state index contributed by atoms with van der Waals surface area (Å²) in [5, 5.41) is 11.6. The molecule has 2 aliphatic heterocycles. The van der Waals surface area contributed by atoms with Gasteiger partial charge in [-0.05, 0) is 68.8 Å². The minimum atomic E-state index is -0.909. The fraction of sp³-hybridized carbons (Fsp3) is 0.484. The second kappa shape index (κ2) is 14.7. The van der Waals surface area contributed by atoms with Crippen LogP contribution in [0, 0.1) is 5.92 Å². The number of hydrogen-bond donors (Lipinski definition) is 5. The van der Waals surface area contributed by atoms with E-state index in [2.05, 4.69) is 21.3 Å². The van der Waals surface area contributed by atoms with Crippen LogP contribution in [0.25, 0.3) is 0 Å². The average molecular weight is 579 g/mol. The van der Waals surface area contributed by atoms with Crippen molar-refractivity contribution >= 4 is 23.8 Å². The smallest absolute Gasteiger partial charge is 0.312 e. The highest BCUT2D eigenvalue weighted by molar-refractivity contribution is 5.94. The Morgan fingerprint density at radius 3 is 2.36 bits per heavy atom. The molecule has 2 aromatic carbocycles. The third-order valence-electron chi connectivity index (χ3n) is 8.32. The number of methoxy groups -OCH3 is 1. The number of carbonyl (C=O) groups is 4. The number of ether oxygens (including phenoxy) is 1. The van der Waals surface area contributed by atoms with E-state index in [-0.39, 0.29) is 36.2 Å². The molecule has 226 valence electrons. The number of nitrogens with one attached hydrogen (secondary N) is 4. The molecule has 4 rings (SSSR count). The fourth-order valence-corrected chi connectivity index (χ4v) is 5.99. The molecule has 42 heavy (non-hydrogen) atoms. The molecule has 2 aromatic rings. The van der Waals surface area contributed by atoms with Crippen molar-refractivity contribution in [2.75, 3.05) is 27.2 Å². The van der Waals surface area contributed by atoms with Crippen molar-refractivity contribution in [2.45, 2.75) is 62.7 Å². The normalized spacial score (nSPS) is 22.4. The van der Waals surface area contributed by atoms with Crippen LogP contribution in [-0.2, 0) is 27.2 Å². The van der Waals surface area contributed by atoms with Gasteiger partial charge in [0.05, 0.1) is 13.2 Å². The Morgan fingerprint density at radius 1 is 0.976 bits per heavy atom. The lowest BCUT2D eigenvalue weighted by atomic mass is 9.92. The number of hydrogen-bond acceptors (Lipinski definition) is 6. The van der Waals surface area contributed by atoms with Gasteiger partial charge in [0.1, 0.15) is 17.8 Å². The number of benzene rings is 2. The minimum Gasteiger partial charge on any atom is -0.497 e. The zero-order chi connectivity index (χ0) is 30.1. The molecular formula is C31H42N6O5. The standard InChI is InChI=1S/C31H42N6O5/c1-33-25(18-21-6-4-3-5-7-21)28(38)36-27-22(19-35-31(32)41)10-11-23-12-15-26(37(23)30(27)40)29(39)34-17-16-20-8-13-24(42-2)14-9-20/h3-9,13-14,22-23,25-27,33H,10-12,15-19H2,1-2H3,(H,34,39)(H,36,38)(H3,32,35,41)/t22-,23?,25-,26+,27+/m1/s1. The Balaban J connectivity index is 1.46. The average Bonchev–Trinajstić information content (AvgIpc) is 3.38. The van der Waals surface area contributed by atoms with Crippen LogP contribution < -0.4 is 31.7 Å². The molecule has 0 aromatic heterocycles. The van der Waals surface area contributed by atoms with E-state index in [0.29, 0.717) is 45.1 Å². The first-order valence-corrected chi connectivity index (χ1v) is 14.6. The van der Waals surface area contributed by atoms with E-state index in [4.69, 9.17) is 10.5 Å². The van der Waals surface area contributed by atoms with Gasteiger partial charge in [-0.25, -0.2) is 4.79 Å². The Labute approximate surface area is 246 Å². The van der Waals surface area contributed by atoms with Crippen LogP contribution in [0.15, 0.2) is 54.6 Å². The van der Waals surface area contributed by atoms with Gasteiger partial charge in [-0.15, -0.1) is 0 Å². The summed E-state index contributed by atoms with van der Waals surface area (Å²) in [5.74, 6) is -0.416. The number of amides is 5. The predicted molar refractivity (Wildman–Crippen MR) is 159 cm³/mol. The number of nitrogens with zero attached hydrogens (tertiary/aromatic N) is 1. The molecule has 5 amide bonds. The largest absolute Gasteiger partial charge is 0.497 e. The van der Waals surface area contributed by atoms with E-state index >= 15 is 0 Å². The molecule has 1 unspecified atom stereocenters. The number of fused-ring (bicyclic) bond motifs is 1. The number of carbonyl (C=O) groups excluding carboxylic acids is 4. The first-order chi connectivity index (χ1) is 20.3. The van der Waals surface area contributed by atoms with Crippen LogP contribution in [-0.4, -0.2) is 80.1 Å². The maximum absolute atomic E-state index is 14.1. The van der Waals surface area contributed by atoms with Gasteiger partial charge in [-0.3, -0.25) is 14.4 Å². The number of primary amides is 1. The van der Waals surface area contributed by atoms with E-state index in [1.807, 2.05) is 54.6 Å². The van der Waals surface area contributed by atoms with Crippen molar-refractivity contribution < 1.29 is 23.9 Å². The highest BCUT2D eigenvalue weighted by Gasteiger charge is 2.47. The van der Waals surface area contributed by atoms with Gasteiger partial charge in [0.2, 0.25) is 17.7 Å². The van der Waals surface area contributed by atoms with Crippen molar-refractivity contribution in [3.8, 4) is 5.75 Å². The lowest BCUT2D eigenvalue weighted by molar-refractivity contribution is -0.143. The van der Waals surface area contributed by atoms with E-state index < -0.39 is 24.2 Å². The van der Waals surface area contributed by atoms with Crippen LogP contribution in [0.1, 0.15) is 36.8 Å². The third kappa shape index (κ3) is 7.79. The summed E-state index contributed by atoms with van der Waals surface area (Å²) in [6.07, 6.45) is 3.60. The number of urea groups is 1. The molecule has 6 N–H and O–H groups in total. The van der Waals surface area contributed by atoms with Gasteiger partial charge in [0.25, 0.3) is 0 Å². The van der Waals surface area contributed by atoms with Gasteiger partial charge in [-0.1, -0.05) is 42.5 Å². The molecule has 0 spiro atoms. The van der Waals surface area contributed by atoms with E-state index in [0.717, 1.165) is 16.9 Å². The minimum absolute atomic E-state index is 0.114. The van der Waals surface area contributed by atoms with Crippen molar-refractivity contribution in [3.05, 3.63) is 65.7 Å². The van der Waals surface area contributed by atoms with E-state index in [1.165, 1.54) is 0 Å². The van der Waals surface area contributed by atoms with Crippen LogP contribution in [0.3, 0.4) is 0 Å². The highest BCUT2D eigenvalue weighted by atomic mass is 16.5. The van der Waals surface area contributed by atoms with Gasteiger partial charge in [0.15, 0.2) is 0 Å².